The zero-order valence-corrected chi connectivity index (χ0v) is 19.7. The highest BCUT2D eigenvalue weighted by Crippen LogP contribution is 2.68. The Morgan fingerprint density at radius 2 is 1.87 bits per heavy atom. The quantitative estimate of drug-likeness (QED) is 0.503. The van der Waals surface area contributed by atoms with Crippen LogP contribution in [0.5, 0.6) is 0 Å². The van der Waals surface area contributed by atoms with Gasteiger partial charge in [-0.2, -0.15) is 0 Å². The standard InChI is InChI=1S/C26H44O4/c1-17(8-11-23(27)28)24-22(30-16-29-4)15-21-19-10-9-18-7-5-6-13-25(18,2)20(19)12-14-26(21,24)3/h17-22,24H,5-16H2,1-4H3,(H,27,28)/t17-,18+,19-,20+,21+,22?,24+,25+,26+/m1/s1. The van der Waals surface area contributed by atoms with Gasteiger partial charge in [0.2, 0.25) is 0 Å². The molecule has 0 spiro atoms. The second-order valence-electron chi connectivity index (χ2n) is 11.7. The molecule has 0 amide bonds. The lowest BCUT2D eigenvalue weighted by atomic mass is 9.44. The summed E-state index contributed by atoms with van der Waals surface area (Å²) in [5.41, 5.74) is 0.827. The van der Waals surface area contributed by atoms with Crippen LogP contribution in [-0.4, -0.2) is 31.1 Å². The number of fused-ring (bicyclic) bond motifs is 5. The van der Waals surface area contributed by atoms with Crippen LogP contribution in [0, 0.1) is 46.3 Å². The van der Waals surface area contributed by atoms with E-state index in [1.165, 1.54) is 51.4 Å². The van der Waals surface area contributed by atoms with E-state index in [-0.39, 0.29) is 17.9 Å². The summed E-state index contributed by atoms with van der Waals surface area (Å²) in [6.45, 7) is 7.79. The molecule has 0 aromatic carbocycles. The number of rotatable bonds is 7. The molecule has 4 saturated carbocycles. The normalized spacial score (nSPS) is 46.5. The summed E-state index contributed by atoms with van der Waals surface area (Å²) < 4.78 is 11.6. The highest BCUT2D eigenvalue weighted by molar-refractivity contribution is 5.66. The first-order valence-electron chi connectivity index (χ1n) is 12.6. The molecule has 1 unspecified atom stereocenters. The predicted molar refractivity (Wildman–Crippen MR) is 118 cm³/mol. The van der Waals surface area contributed by atoms with E-state index >= 15 is 0 Å². The first-order chi connectivity index (χ1) is 14.3. The number of methoxy groups -OCH3 is 1. The van der Waals surface area contributed by atoms with Gasteiger partial charge in [0.25, 0.3) is 0 Å². The predicted octanol–water partition coefficient (Wildman–Crippen LogP) is 6.14. The van der Waals surface area contributed by atoms with E-state index in [1.807, 2.05) is 0 Å². The Hall–Kier alpha value is -0.610. The Morgan fingerprint density at radius 3 is 2.60 bits per heavy atom. The first-order valence-corrected chi connectivity index (χ1v) is 12.6. The van der Waals surface area contributed by atoms with Crippen molar-refractivity contribution in [2.45, 2.75) is 97.5 Å². The van der Waals surface area contributed by atoms with Crippen LogP contribution in [0.2, 0.25) is 0 Å². The summed E-state index contributed by atoms with van der Waals surface area (Å²) in [6.07, 6.45) is 13.6. The maximum Gasteiger partial charge on any atom is 0.303 e. The fraction of sp³-hybridized carbons (Fsp3) is 0.962. The van der Waals surface area contributed by atoms with Crippen molar-refractivity contribution >= 4 is 5.97 Å². The Labute approximate surface area is 183 Å². The van der Waals surface area contributed by atoms with Crippen LogP contribution in [0.15, 0.2) is 0 Å². The maximum absolute atomic E-state index is 11.2. The van der Waals surface area contributed by atoms with Gasteiger partial charge in [0.15, 0.2) is 0 Å². The molecule has 0 aromatic rings. The van der Waals surface area contributed by atoms with Crippen molar-refractivity contribution in [3.05, 3.63) is 0 Å². The summed E-state index contributed by atoms with van der Waals surface area (Å²) in [4.78, 5) is 11.2. The minimum atomic E-state index is -0.678. The number of aliphatic carboxylic acids is 1. The van der Waals surface area contributed by atoms with Crippen molar-refractivity contribution in [3.63, 3.8) is 0 Å². The fourth-order valence-electron chi connectivity index (χ4n) is 9.20. The zero-order chi connectivity index (χ0) is 21.5. The van der Waals surface area contributed by atoms with Crippen molar-refractivity contribution in [1.82, 2.24) is 0 Å². The molecule has 4 heteroatoms. The molecule has 0 bridgehead atoms. The molecule has 4 fully saturated rings. The second-order valence-corrected chi connectivity index (χ2v) is 11.7. The van der Waals surface area contributed by atoms with Gasteiger partial charge >= 0.3 is 5.97 Å². The third-order valence-electron chi connectivity index (χ3n) is 10.5. The molecule has 0 heterocycles. The van der Waals surface area contributed by atoms with Gasteiger partial charge in [-0.15, -0.1) is 0 Å². The summed E-state index contributed by atoms with van der Waals surface area (Å²) in [7, 11) is 1.70. The van der Waals surface area contributed by atoms with Crippen molar-refractivity contribution in [2.24, 2.45) is 46.3 Å². The van der Waals surface area contributed by atoms with E-state index in [9.17, 15) is 9.90 Å². The summed E-state index contributed by atoms with van der Waals surface area (Å²) in [5, 5.41) is 9.25. The highest BCUT2D eigenvalue weighted by atomic mass is 16.7. The number of hydrogen-bond donors (Lipinski definition) is 1. The molecule has 4 rings (SSSR count). The van der Waals surface area contributed by atoms with Crippen molar-refractivity contribution in [1.29, 1.82) is 0 Å². The molecule has 4 aliphatic carbocycles. The van der Waals surface area contributed by atoms with Gasteiger partial charge in [-0.05, 0) is 97.7 Å². The lowest BCUT2D eigenvalue weighted by Gasteiger charge is -2.60. The van der Waals surface area contributed by atoms with E-state index in [4.69, 9.17) is 9.47 Å². The molecule has 0 saturated heterocycles. The Kier molecular flexibility index (Phi) is 6.57. The van der Waals surface area contributed by atoms with Crippen LogP contribution < -0.4 is 0 Å². The average Bonchev–Trinajstić information content (AvgIpc) is 3.02. The first kappa shape index (κ1) is 22.6. The van der Waals surface area contributed by atoms with Crippen LogP contribution in [0.1, 0.15) is 91.4 Å². The van der Waals surface area contributed by atoms with E-state index in [0.29, 0.717) is 24.0 Å². The van der Waals surface area contributed by atoms with Gasteiger partial charge in [0, 0.05) is 13.5 Å². The lowest BCUT2D eigenvalue weighted by molar-refractivity contribution is -0.138. The zero-order valence-electron chi connectivity index (χ0n) is 19.7. The van der Waals surface area contributed by atoms with Crippen LogP contribution in [0.3, 0.4) is 0 Å². The monoisotopic (exact) mass is 420 g/mol. The van der Waals surface area contributed by atoms with Crippen LogP contribution in [-0.2, 0) is 14.3 Å². The Bertz CT molecular complexity index is 620. The van der Waals surface area contributed by atoms with Gasteiger partial charge in [-0.3, -0.25) is 4.79 Å². The van der Waals surface area contributed by atoms with E-state index in [2.05, 4.69) is 20.8 Å². The van der Waals surface area contributed by atoms with Crippen molar-refractivity contribution in [3.8, 4) is 0 Å². The second kappa shape index (κ2) is 8.73. The van der Waals surface area contributed by atoms with Crippen molar-refractivity contribution < 1.29 is 19.4 Å². The number of carboxylic acid groups (broad SMARTS) is 1. The largest absolute Gasteiger partial charge is 0.481 e. The average molecular weight is 421 g/mol. The summed E-state index contributed by atoms with van der Waals surface area (Å²) in [6, 6.07) is 0. The summed E-state index contributed by atoms with van der Waals surface area (Å²) in [5.74, 6) is 3.51. The maximum atomic E-state index is 11.2. The number of carboxylic acids is 1. The number of ether oxygens (including phenoxy) is 2. The minimum Gasteiger partial charge on any atom is -0.481 e. The molecule has 0 aromatic heterocycles. The fourth-order valence-corrected chi connectivity index (χ4v) is 9.20. The van der Waals surface area contributed by atoms with Gasteiger partial charge in [-0.1, -0.05) is 33.6 Å². The smallest absolute Gasteiger partial charge is 0.303 e. The Morgan fingerprint density at radius 1 is 1.07 bits per heavy atom. The molecule has 4 nitrogen and oxygen atoms in total. The van der Waals surface area contributed by atoms with Gasteiger partial charge in [-0.25, -0.2) is 0 Å². The molecule has 172 valence electrons. The number of carbonyl (C=O) groups is 1. The van der Waals surface area contributed by atoms with Gasteiger partial charge in [0.1, 0.15) is 6.79 Å². The van der Waals surface area contributed by atoms with Crippen LogP contribution in [0.4, 0.5) is 0 Å². The molecule has 4 aliphatic rings. The molecular weight excluding hydrogens is 376 g/mol. The van der Waals surface area contributed by atoms with Gasteiger partial charge in [0.05, 0.1) is 6.10 Å². The van der Waals surface area contributed by atoms with E-state index < -0.39 is 5.97 Å². The van der Waals surface area contributed by atoms with E-state index in [1.54, 1.807) is 7.11 Å². The summed E-state index contributed by atoms with van der Waals surface area (Å²) >= 11 is 0. The minimum absolute atomic E-state index is 0.208. The third kappa shape index (κ3) is 3.74. The third-order valence-corrected chi connectivity index (χ3v) is 10.5. The molecule has 9 atom stereocenters. The Balaban J connectivity index is 1.58. The molecule has 0 radical (unpaired) electrons. The molecule has 30 heavy (non-hydrogen) atoms. The SMILES string of the molecule is COCOC1C[C@H]2[C@@H]3CC[C@@H]4CCCC[C@]4(C)[C@H]3CC[C@]2(C)[C@H]1[C@H](C)CCC(=O)O. The molecule has 1 N–H and O–H groups in total. The lowest BCUT2D eigenvalue weighted by Crippen LogP contribution is -2.53. The van der Waals surface area contributed by atoms with Crippen LogP contribution in [0.25, 0.3) is 0 Å². The van der Waals surface area contributed by atoms with Crippen molar-refractivity contribution in [2.75, 3.05) is 13.9 Å². The van der Waals surface area contributed by atoms with E-state index in [0.717, 1.165) is 36.5 Å². The topological polar surface area (TPSA) is 55.8 Å². The molecule has 0 aliphatic heterocycles. The molecular formula is C26H44O4. The highest BCUT2D eigenvalue weighted by Gasteiger charge is 2.62. The number of hydrogen-bond acceptors (Lipinski definition) is 3. The van der Waals surface area contributed by atoms with Gasteiger partial charge < -0.3 is 14.6 Å². The van der Waals surface area contributed by atoms with Crippen LogP contribution >= 0.6 is 0 Å².